The summed E-state index contributed by atoms with van der Waals surface area (Å²) < 4.78 is 0. The minimum absolute atomic E-state index is 0.204. The molecule has 1 atom stereocenters. The average molecular weight is 316 g/mol. The van der Waals surface area contributed by atoms with E-state index in [0.717, 1.165) is 6.42 Å². The van der Waals surface area contributed by atoms with Crippen LogP contribution in [0.2, 0.25) is 0 Å². The molecule has 6 heteroatoms. The van der Waals surface area contributed by atoms with Crippen molar-refractivity contribution in [1.82, 2.24) is 15.5 Å². The number of rotatable bonds is 4. The third-order valence-electron chi connectivity index (χ3n) is 2.23. The van der Waals surface area contributed by atoms with Gasteiger partial charge in [-0.05, 0) is 17.9 Å². The van der Waals surface area contributed by atoms with E-state index in [1.54, 1.807) is 0 Å². The molecule has 0 saturated heterocycles. The lowest BCUT2D eigenvalue weighted by Crippen LogP contribution is -2.32. The van der Waals surface area contributed by atoms with Gasteiger partial charge in [-0.3, -0.25) is 9.59 Å². The molecule has 0 fully saturated rings. The van der Waals surface area contributed by atoms with Gasteiger partial charge in [0, 0.05) is 17.4 Å². The van der Waals surface area contributed by atoms with Gasteiger partial charge >= 0.3 is 0 Å². The van der Waals surface area contributed by atoms with Gasteiger partial charge < -0.3 is 5.32 Å². The molecule has 0 aliphatic rings. The van der Waals surface area contributed by atoms with Crippen LogP contribution in [0, 0.1) is 5.41 Å². The number of nitrogens with zero attached hydrogens (tertiary/aromatic N) is 1. The number of nitrogens with one attached hydrogen (secondary N) is 2. The van der Waals surface area contributed by atoms with Crippen LogP contribution in [0.5, 0.6) is 0 Å². The van der Waals surface area contributed by atoms with Crippen molar-refractivity contribution in [3.8, 4) is 0 Å². The molecule has 5 nitrogen and oxygen atoms in total. The number of carbonyl (C=O) groups excluding carboxylic acids is 1. The maximum absolute atomic E-state index is 11.7. The molecular weight excluding hydrogens is 298 g/mol. The number of aromatic amines is 1. The molecule has 1 rings (SSSR count). The fourth-order valence-corrected chi connectivity index (χ4v) is 2.63. The summed E-state index contributed by atoms with van der Waals surface area (Å²) in [6, 6.07) is 2.68. The highest BCUT2D eigenvalue weighted by atomic mass is 79.9. The van der Waals surface area contributed by atoms with Crippen LogP contribution in [-0.2, 0) is 0 Å². The highest BCUT2D eigenvalue weighted by Gasteiger charge is 2.17. The summed E-state index contributed by atoms with van der Waals surface area (Å²) in [7, 11) is 0. The first kappa shape index (κ1) is 14.9. The number of halogens is 1. The molecular formula is C12H18BrN3O2. The van der Waals surface area contributed by atoms with Crippen LogP contribution in [-0.4, -0.2) is 27.5 Å². The Morgan fingerprint density at radius 1 is 1.50 bits per heavy atom. The molecule has 1 aromatic heterocycles. The first-order valence-corrected chi connectivity index (χ1v) is 6.67. The summed E-state index contributed by atoms with van der Waals surface area (Å²) in [6.45, 7) is 6.96. The summed E-state index contributed by atoms with van der Waals surface area (Å²) >= 11 is 3.53. The van der Waals surface area contributed by atoms with Crippen molar-refractivity contribution in [2.45, 2.75) is 32.0 Å². The average Bonchev–Trinajstić information content (AvgIpc) is 2.24. The molecule has 100 valence electrons. The lowest BCUT2D eigenvalue weighted by molar-refractivity contribution is 0.0946. The molecule has 0 radical (unpaired) electrons. The molecule has 0 aromatic carbocycles. The Kier molecular flexibility index (Phi) is 5.07. The number of amides is 1. The zero-order chi connectivity index (χ0) is 13.8. The van der Waals surface area contributed by atoms with E-state index in [2.05, 4.69) is 52.2 Å². The smallest absolute Gasteiger partial charge is 0.271 e. The van der Waals surface area contributed by atoms with Gasteiger partial charge in [0.2, 0.25) is 0 Å². The molecule has 1 amide bonds. The molecule has 0 aliphatic carbocycles. The zero-order valence-corrected chi connectivity index (χ0v) is 12.4. The number of carbonyl (C=O) groups is 1. The van der Waals surface area contributed by atoms with E-state index in [1.165, 1.54) is 12.1 Å². The Hall–Kier alpha value is -1.17. The Morgan fingerprint density at radius 3 is 2.67 bits per heavy atom. The number of H-pyrrole nitrogens is 1. The number of alkyl halides is 1. The van der Waals surface area contributed by atoms with Crippen LogP contribution in [0.25, 0.3) is 0 Å². The summed E-state index contributed by atoms with van der Waals surface area (Å²) in [4.78, 5) is 22.7. The van der Waals surface area contributed by atoms with E-state index in [1.807, 2.05) is 0 Å². The molecule has 18 heavy (non-hydrogen) atoms. The molecule has 0 saturated carbocycles. The van der Waals surface area contributed by atoms with Gasteiger partial charge in [-0.15, -0.1) is 0 Å². The van der Waals surface area contributed by atoms with Crippen molar-refractivity contribution in [2.75, 3.05) is 6.54 Å². The van der Waals surface area contributed by atoms with Crippen molar-refractivity contribution in [3.05, 3.63) is 28.2 Å². The molecule has 1 unspecified atom stereocenters. The van der Waals surface area contributed by atoms with Crippen molar-refractivity contribution < 1.29 is 4.79 Å². The van der Waals surface area contributed by atoms with E-state index in [-0.39, 0.29) is 27.4 Å². The lowest BCUT2D eigenvalue weighted by Gasteiger charge is -2.22. The largest absolute Gasteiger partial charge is 0.350 e. The predicted molar refractivity (Wildman–Crippen MR) is 74.0 cm³/mol. The van der Waals surface area contributed by atoms with Gasteiger partial charge in [-0.2, -0.15) is 5.10 Å². The van der Waals surface area contributed by atoms with Crippen LogP contribution in [0.1, 0.15) is 37.7 Å². The highest BCUT2D eigenvalue weighted by molar-refractivity contribution is 9.09. The number of hydrogen-bond donors (Lipinski definition) is 2. The normalized spacial score (nSPS) is 13.1. The van der Waals surface area contributed by atoms with Crippen LogP contribution in [0.15, 0.2) is 16.9 Å². The van der Waals surface area contributed by atoms with Gasteiger partial charge in [-0.1, -0.05) is 36.7 Å². The zero-order valence-electron chi connectivity index (χ0n) is 10.8. The van der Waals surface area contributed by atoms with Crippen LogP contribution >= 0.6 is 15.9 Å². The fourth-order valence-electron chi connectivity index (χ4n) is 1.50. The summed E-state index contributed by atoms with van der Waals surface area (Å²) in [5, 5.41) is 8.66. The van der Waals surface area contributed by atoms with E-state index in [9.17, 15) is 9.59 Å². The third kappa shape index (κ3) is 5.44. The van der Waals surface area contributed by atoms with Crippen LogP contribution in [0.4, 0.5) is 0 Å². The topological polar surface area (TPSA) is 74.8 Å². The van der Waals surface area contributed by atoms with Gasteiger partial charge in [-0.25, -0.2) is 5.10 Å². The minimum atomic E-state index is -0.322. The van der Waals surface area contributed by atoms with Gasteiger partial charge in [0.15, 0.2) is 0 Å². The number of aromatic nitrogens is 2. The summed E-state index contributed by atoms with van der Waals surface area (Å²) in [6.07, 6.45) is 0.951. The monoisotopic (exact) mass is 315 g/mol. The van der Waals surface area contributed by atoms with E-state index in [4.69, 9.17) is 0 Å². The van der Waals surface area contributed by atoms with Gasteiger partial charge in [0.1, 0.15) is 5.69 Å². The van der Waals surface area contributed by atoms with Gasteiger partial charge in [0.05, 0.1) is 0 Å². The molecule has 0 bridgehead atoms. The Morgan fingerprint density at radius 2 is 2.17 bits per heavy atom. The second-order valence-corrected chi connectivity index (χ2v) is 6.67. The number of hydrogen-bond acceptors (Lipinski definition) is 3. The van der Waals surface area contributed by atoms with E-state index < -0.39 is 0 Å². The second-order valence-electron chi connectivity index (χ2n) is 5.38. The molecule has 0 spiro atoms. The molecule has 2 N–H and O–H groups in total. The SMILES string of the molecule is CC(C)(C)CC(Br)CNC(=O)c1ccc(=O)[nH]n1. The lowest BCUT2D eigenvalue weighted by atomic mass is 9.90. The highest BCUT2D eigenvalue weighted by Crippen LogP contribution is 2.24. The first-order chi connectivity index (χ1) is 8.28. The maximum atomic E-state index is 11.7. The minimum Gasteiger partial charge on any atom is -0.350 e. The van der Waals surface area contributed by atoms with E-state index >= 15 is 0 Å². The van der Waals surface area contributed by atoms with Crippen LogP contribution < -0.4 is 10.9 Å². The van der Waals surface area contributed by atoms with Crippen LogP contribution in [0.3, 0.4) is 0 Å². The fraction of sp³-hybridized carbons (Fsp3) is 0.583. The van der Waals surface area contributed by atoms with Crippen molar-refractivity contribution >= 4 is 21.8 Å². The van der Waals surface area contributed by atoms with Crippen molar-refractivity contribution in [1.29, 1.82) is 0 Å². The quantitative estimate of drug-likeness (QED) is 0.830. The molecule has 0 aliphatic heterocycles. The van der Waals surface area contributed by atoms with Crippen molar-refractivity contribution in [2.24, 2.45) is 5.41 Å². The Labute approximate surface area is 114 Å². The summed E-state index contributed by atoms with van der Waals surface area (Å²) in [5.74, 6) is -0.287. The Balaban J connectivity index is 2.46. The molecule has 1 aromatic rings. The second kappa shape index (κ2) is 6.13. The predicted octanol–water partition coefficient (Wildman–Crippen LogP) is 1.70. The summed E-state index contributed by atoms with van der Waals surface area (Å²) in [5.41, 5.74) is 0.0949. The molecule has 1 heterocycles. The standard InChI is InChI=1S/C12H18BrN3O2/c1-12(2,3)6-8(13)7-14-11(18)9-4-5-10(17)16-15-9/h4-5,8H,6-7H2,1-3H3,(H,14,18)(H,16,17). The third-order valence-corrected chi connectivity index (χ3v) is 2.88. The first-order valence-electron chi connectivity index (χ1n) is 5.76. The van der Waals surface area contributed by atoms with Gasteiger partial charge in [0.25, 0.3) is 11.5 Å². The van der Waals surface area contributed by atoms with E-state index in [0.29, 0.717) is 6.54 Å². The van der Waals surface area contributed by atoms with Crippen molar-refractivity contribution in [3.63, 3.8) is 0 Å². The maximum Gasteiger partial charge on any atom is 0.271 e. The Bertz CT molecular complexity index is 445.